The Labute approximate surface area is 182 Å². The summed E-state index contributed by atoms with van der Waals surface area (Å²) in [5.74, 6) is 9.99. The van der Waals surface area contributed by atoms with E-state index in [1.54, 1.807) is 37.3 Å². The van der Waals surface area contributed by atoms with Crippen LogP contribution in [0.2, 0.25) is 0 Å². The van der Waals surface area contributed by atoms with E-state index in [-0.39, 0.29) is 36.6 Å². The number of rotatable bonds is 8. The molecule has 0 aliphatic carbocycles. The lowest BCUT2D eigenvalue weighted by Crippen LogP contribution is -2.69. The molecule has 0 saturated carbocycles. The highest BCUT2D eigenvalue weighted by Crippen LogP contribution is 2.35. The van der Waals surface area contributed by atoms with Crippen molar-refractivity contribution in [2.24, 2.45) is 22.6 Å². The Morgan fingerprint density at radius 2 is 2.00 bits per heavy atom. The minimum atomic E-state index is -2.84. The van der Waals surface area contributed by atoms with E-state index in [9.17, 15) is 18.0 Å². The summed E-state index contributed by atoms with van der Waals surface area (Å²) in [5, 5.41) is 3.42. The van der Waals surface area contributed by atoms with Crippen molar-refractivity contribution in [3.63, 3.8) is 0 Å². The van der Waals surface area contributed by atoms with Crippen LogP contribution >= 0.6 is 0 Å². The largest absolute Gasteiger partial charge is 0.430 e. The molecule has 1 fully saturated rings. The molecule has 0 aromatic heterocycles. The maximum atomic E-state index is 13.6. The smallest absolute Gasteiger partial charge is 0.357 e. The summed E-state index contributed by atoms with van der Waals surface area (Å²) < 4.78 is 24.6. The molecule has 12 heteroatoms. The summed E-state index contributed by atoms with van der Waals surface area (Å²) in [4.78, 5) is 32.6. The van der Waals surface area contributed by atoms with Crippen molar-refractivity contribution >= 4 is 33.4 Å². The highest BCUT2D eigenvalue weighted by atomic mass is 32.2. The summed E-state index contributed by atoms with van der Waals surface area (Å²) in [6.07, 6.45) is 0.762. The van der Waals surface area contributed by atoms with E-state index in [2.05, 4.69) is 9.94 Å². The van der Waals surface area contributed by atoms with Gasteiger partial charge in [0.2, 0.25) is 10.3 Å². The number of nitrogens with zero attached hydrogens (tertiary/aromatic N) is 3. The molecule has 0 bridgehead atoms. The number of nitrogens with two attached hydrogens (primary N) is 3. The first-order valence-electron chi connectivity index (χ1n) is 9.67. The number of carbonyl (C=O) groups is 2. The molecule has 0 spiro atoms. The van der Waals surface area contributed by atoms with E-state index in [1.165, 1.54) is 11.9 Å². The number of hydrogen-bond donors (Lipinski definition) is 3. The quantitative estimate of drug-likeness (QED) is 0.205. The van der Waals surface area contributed by atoms with Crippen LogP contribution in [-0.2, 0) is 26.3 Å². The highest BCUT2D eigenvalue weighted by molar-refractivity contribution is 7.73. The molecule has 1 aromatic carbocycles. The Morgan fingerprint density at radius 3 is 2.52 bits per heavy atom. The first-order valence-corrected chi connectivity index (χ1v) is 10.7. The SMILES string of the molecule is CCCC(=O)C(Cc1ccccc1)(N(C)C(=O)ON)N1CCC(N)(C=NN)C1=S(=O)=O. The van der Waals surface area contributed by atoms with Gasteiger partial charge in [0.1, 0.15) is 10.5 Å². The predicted molar refractivity (Wildman–Crippen MR) is 116 cm³/mol. The zero-order valence-electron chi connectivity index (χ0n) is 17.5. The molecular weight excluding hydrogens is 424 g/mol. The fourth-order valence-corrected chi connectivity index (χ4v) is 4.86. The number of likely N-dealkylation sites (N-methyl/N-ethyl adjacent to an activating group) is 1. The van der Waals surface area contributed by atoms with Gasteiger partial charge in [0.25, 0.3) is 0 Å². The molecule has 2 unspecified atom stereocenters. The molecule has 170 valence electrons. The van der Waals surface area contributed by atoms with Gasteiger partial charge in [-0.2, -0.15) is 19.4 Å². The van der Waals surface area contributed by atoms with Gasteiger partial charge < -0.3 is 16.4 Å². The molecule has 11 nitrogen and oxygen atoms in total. The van der Waals surface area contributed by atoms with E-state index in [0.29, 0.717) is 12.0 Å². The molecule has 6 N–H and O–H groups in total. The van der Waals surface area contributed by atoms with Crippen molar-refractivity contribution in [1.29, 1.82) is 0 Å². The second-order valence-corrected chi connectivity index (χ2v) is 8.21. The van der Waals surface area contributed by atoms with Crippen LogP contribution in [0.25, 0.3) is 0 Å². The third kappa shape index (κ3) is 4.61. The van der Waals surface area contributed by atoms with Crippen molar-refractivity contribution in [3.8, 4) is 0 Å². The minimum absolute atomic E-state index is 0.0190. The zero-order chi connectivity index (χ0) is 23.2. The van der Waals surface area contributed by atoms with Crippen LogP contribution in [0.1, 0.15) is 31.7 Å². The highest BCUT2D eigenvalue weighted by Gasteiger charge is 2.57. The van der Waals surface area contributed by atoms with Crippen molar-refractivity contribution in [2.45, 2.75) is 43.8 Å². The molecule has 31 heavy (non-hydrogen) atoms. The number of amides is 1. The Hall–Kier alpha value is -2.80. The van der Waals surface area contributed by atoms with Crippen LogP contribution in [0.4, 0.5) is 4.79 Å². The molecule has 1 aliphatic heterocycles. The van der Waals surface area contributed by atoms with Gasteiger partial charge in [0.15, 0.2) is 11.4 Å². The maximum absolute atomic E-state index is 13.6. The Kier molecular flexibility index (Phi) is 7.90. The number of hydrogen-bond acceptors (Lipinski definition) is 9. The lowest BCUT2D eigenvalue weighted by molar-refractivity contribution is -0.138. The lowest BCUT2D eigenvalue weighted by Gasteiger charge is -2.46. The minimum Gasteiger partial charge on any atom is -0.357 e. The number of ketones is 1. The van der Waals surface area contributed by atoms with Crippen molar-refractivity contribution in [3.05, 3.63) is 35.9 Å². The standard InChI is InChI=1S/C19H28N6O5S/c1-3-7-15(26)19(24(2)17(27)30-22,12-14-8-5-4-6-9-14)25-11-10-18(20,13-23-21)16(25)31(28)29/h4-6,8-9,13H,3,7,10-12,20-22H2,1-2H3. The maximum Gasteiger partial charge on any atom is 0.430 e. The van der Waals surface area contributed by atoms with E-state index < -0.39 is 27.6 Å². The van der Waals surface area contributed by atoms with Gasteiger partial charge in [-0.15, -0.1) is 0 Å². The third-order valence-corrected chi connectivity index (χ3v) is 6.36. The number of hydrazone groups is 1. The van der Waals surface area contributed by atoms with Gasteiger partial charge in [-0.1, -0.05) is 37.3 Å². The normalized spacial score (nSPS) is 21.1. The van der Waals surface area contributed by atoms with Gasteiger partial charge in [-0.25, -0.2) is 9.69 Å². The van der Waals surface area contributed by atoms with Crippen molar-refractivity contribution in [2.75, 3.05) is 13.6 Å². The van der Waals surface area contributed by atoms with Gasteiger partial charge in [-0.3, -0.25) is 9.69 Å². The molecule has 0 radical (unpaired) electrons. The topological polar surface area (TPSA) is 174 Å². The van der Waals surface area contributed by atoms with Crippen LogP contribution < -0.4 is 17.5 Å². The Balaban J connectivity index is 2.82. The number of carbonyl (C=O) groups excluding carboxylic acids is 2. The van der Waals surface area contributed by atoms with Gasteiger partial charge in [0.05, 0.1) is 6.21 Å². The Bertz CT molecular complexity index is 975. The van der Waals surface area contributed by atoms with E-state index >= 15 is 0 Å². The number of Topliss-reactive ketones (excluding diaryl/α,β-unsaturated/α-hetero) is 1. The van der Waals surface area contributed by atoms with Gasteiger partial charge in [-0.05, 0) is 18.4 Å². The second kappa shape index (κ2) is 10.0. The van der Waals surface area contributed by atoms with Crippen molar-refractivity contribution in [1.82, 2.24) is 9.80 Å². The molecule has 1 saturated heterocycles. The Morgan fingerprint density at radius 1 is 1.35 bits per heavy atom. The first kappa shape index (κ1) is 24.5. The molecule has 2 atom stereocenters. The zero-order valence-corrected chi connectivity index (χ0v) is 18.3. The van der Waals surface area contributed by atoms with Crippen LogP contribution in [0.3, 0.4) is 0 Å². The second-order valence-electron chi connectivity index (χ2n) is 7.35. The average Bonchev–Trinajstić information content (AvgIpc) is 3.09. The molecule has 1 heterocycles. The molecule has 1 aliphatic rings. The van der Waals surface area contributed by atoms with Gasteiger partial charge >= 0.3 is 6.09 Å². The van der Waals surface area contributed by atoms with Crippen LogP contribution in [0.15, 0.2) is 35.4 Å². The summed E-state index contributed by atoms with van der Waals surface area (Å²) in [6.45, 7) is 1.86. The summed E-state index contributed by atoms with van der Waals surface area (Å²) in [7, 11) is -1.50. The fourth-order valence-electron chi connectivity index (χ4n) is 3.98. The summed E-state index contributed by atoms with van der Waals surface area (Å²) in [5.41, 5.74) is 3.71. The number of likely N-dealkylation sites (tertiary alicyclic amines) is 1. The number of benzene rings is 1. The average molecular weight is 453 g/mol. The fraction of sp³-hybridized carbons (Fsp3) is 0.474. The first-order chi connectivity index (χ1) is 14.7. The summed E-state index contributed by atoms with van der Waals surface area (Å²) >= 11 is 0. The lowest BCUT2D eigenvalue weighted by atomic mass is 9.89. The van der Waals surface area contributed by atoms with E-state index in [4.69, 9.17) is 17.5 Å². The third-order valence-electron chi connectivity index (χ3n) is 5.45. The molecule has 1 aromatic rings. The van der Waals surface area contributed by atoms with Gasteiger partial charge in [0, 0.05) is 26.4 Å². The molecule has 1 amide bonds. The van der Waals surface area contributed by atoms with E-state index in [1.807, 2.05) is 0 Å². The predicted octanol–water partition coefficient (Wildman–Crippen LogP) is -0.407. The van der Waals surface area contributed by atoms with Crippen LogP contribution in [0.5, 0.6) is 0 Å². The van der Waals surface area contributed by atoms with Crippen molar-refractivity contribution < 1.29 is 22.8 Å². The van der Waals surface area contributed by atoms with Crippen LogP contribution in [-0.4, -0.2) is 66.1 Å². The molecule has 2 rings (SSSR count). The van der Waals surface area contributed by atoms with Crippen LogP contribution in [0, 0.1) is 0 Å². The van der Waals surface area contributed by atoms with E-state index in [0.717, 1.165) is 11.1 Å². The summed E-state index contributed by atoms with van der Waals surface area (Å²) in [6, 6.07) is 8.91. The monoisotopic (exact) mass is 452 g/mol. The molecular formula is C19H28N6O5S.